The molecule has 4 amide bonds. The second-order valence-electron chi connectivity index (χ2n) is 7.99. The number of nitrogens with one attached hydrogen (secondary N) is 2. The number of amides is 4. The molecule has 0 aromatic carbocycles. The van der Waals surface area contributed by atoms with Crippen LogP contribution in [0.25, 0.3) is 0 Å². The first kappa shape index (κ1) is 20.1. The molecule has 2 N–H and O–H groups in total. The van der Waals surface area contributed by atoms with Gasteiger partial charge in [-0.2, -0.15) is 5.26 Å². The molecule has 152 valence electrons. The van der Waals surface area contributed by atoms with Crippen molar-refractivity contribution in [3.63, 3.8) is 0 Å². The maximum absolute atomic E-state index is 12.6. The van der Waals surface area contributed by atoms with E-state index in [1.54, 1.807) is 0 Å². The highest BCUT2D eigenvalue weighted by Gasteiger charge is 2.53. The van der Waals surface area contributed by atoms with Crippen molar-refractivity contribution < 1.29 is 23.9 Å². The van der Waals surface area contributed by atoms with Gasteiger partial charge in [0, 0.05) is 0 Å². The minimum atomic E-state index is -1.12. The Kier molecular flexibility index (Phi) is 5.59. The van der Waals surface area contributed by atoms with Gasteiger partial charge in [-0.25, -0.2) is 4.79 Å². The molecule has 1 atom stereocenters. The van der Waals surface area contributed by atoms with Gasteiger partial charge in [-0.1, -0.05) is 32.1 Å². The first-order valence-electron chi connectivity index (χ1n) is 9.88. The Morgan fingerprint density at radius 1 is 1.18 bits per heavy atom. The van der Waals surface area contributed by atoms with Gasteiger partial charge in [0.05, 0.1) is 6.07 Å². The van der Waals surface area contributed by atoms with Crippen molar-refractivity contribution in [1.82, 2.24) is 15.5 Å². The summed E-state index contributed by atoms with van der Waals surface area (Å²) in [6.45, 7) is 0.874. The molecule has 3 rings (SSSR count). The molecule has 3 fully saturated rings. The third-order valence-corrected chi connectivity index (χ3v) is 5.95. The van der Waals surface area contributed by atoms with Crippen molar-refractivity contribution >= 4 is 23.8 Å². The molecule has 0 radical (unpaired) electrons. The molecule has 2 aliphatic carbocycles. The van der Waals surface area contributed by atoms with Gasteiger partial charge in [-0.3, -0.25) is 19.3 Å². The second kappa shape index (κ2) is 7.78. The van der Waals surface area contributed by atoms with E-state index in [1.165, 1.54) is 6.92 Å². The van der Waals surface area contributed by atoms with Crippen LogP contribution in [-0.4, -0.2) is 52.4 Å². The molecular formula is C19H26N4O5. The molecule has 0 aromatic heterocycles. The maximum Gasteiger partial charge on any atom is 0.327 e. The van der Waals surface area contributed by atoms with Gasteiger partial charge in [0.2, 0.25) is 0 Å². The predicted molar refractivity (Wildman–Crippen MR) is 96.6 cm³/mol. The lowest BCUT2D eigenvalue weighted by molar-refractivity contribution is -0.157. The molecule has 9 nitrogen and oxygen atoms in total. The zero-order chi connectivity index (χ0) is 20.4. The molecule has 9 heteroatoms. The summed E-state index contributed by atoms with van der Waals surface area (Å²) in [6, 6.07) is 1.57. The van der Waals surface area contributed by atoms with E-state index in [0.717, 1.165) is 37.0 Å². The zero-order valence-corrected chi connectivity index (χ0v) is 16.1. The number of esters is 1. The first-order chi connectivity index (χ1) is 13.3. The minimum Gasteiger partial charge on any atom is -0.451 e. The number of imide groups is 1. The van der Waals surface area contributed by atoms with Crippen LogP contribution in [0.3, 0.4) is 0 Å². The fourth-order valence-corrected chi connectivity index (χ4v) is 4.31. The first-order valence-corrected chi connectivity index (χ1v) is 9.88. The quantitative estimate of drug-likeness (QED) is 0.535. The third-order valence-electron chi connectivity index (χ3n) is 5.95. The van der Waals surface area contributed by atoms with Crippen molar-refractivity contribution in [1.29, 1.82) is 5.26 Å². The average Bonchev–Trinajstić information content (AvgIpc) is 3.23. The molecular weight excluding hydrogens is 364 g/mol. The number of nitriles is 1. The van der Waals surface area contributed by atoms with Crippen LogP contribution in [0.5, 0.6) is 0 Å². The molecule has 1 heterocycles. The van der Waals surface area contributed by atoms with Crippen molar-refractivity contribution in [2.45, 2.75) is 81.9 Å². The zero-order valence-electron chi connectivity index (χ0n) is 16.1. The molecule has 1 spiro atoms. The summed E-state index contributed by atoms with van der Waals surface area (Å²) >= 11 is 0. The Bertz CT molecular complexity index is 716. The SMILES string of the molecule is C[C@@H](OC(=O)CN1C(=O)NC2(CCCC2)C1=O)C(=O)NC1(C#N)CCCCC1. The Balaban J connectivity index is 1.54. The number of urea groups is 1. The van der Waals surface area contributed by atoms with Crippen LogP contribution in [0.15, 0.2) is 0 Å². The lowest BCUT2D eigenvalue weighted by Gasteiger charge is -2.32. The van der Waals surface area contributed by atoms with Crippen molar-refractivity contribution in [2.24, 2.45) is 0 Å². The van der Waals surface area contributed by atoms with Crippen molar-refractivity contribution in [3.05, 3.63) is 0 Å². The lowest BCUT2D eigenvalue weighted by atomic mass is 9.83. The Morgan fingerprint density at radius 3 is 2.39 bits per heavy atom. The molecule has 3 aliphatic rings. The summed E-state index contributed by atoms with van der Waals surface area (Å²) in [5.74, 6) is -1.80. The number of ether oxygens (including phenoxy) is 1. The van der Waals surface area contributed by atoms with E-state index in [2.05, 4.69) is 16.7 Å². The molecule has 0 bridgehead atoms. The second-order valence-corrected chi connectivity index (χ2v) is 7.99. The molecule has 1 aliphatic heterocycles. The largest absolute Gasteiger partial charge is 0.451 e. The van der Waals surface area contributed by atoms with Crippen LogP contribution < -0.4 is 10.6 Å². The summed E-state index contributed by atoms with van der Waals surface area (Å²) in [7, 11) is 0. The van der Waals surface area contributed by atoms with Crippen LogP contribution in [0.4, 0.5) is 4.79 Å². The summed E-state index contributed by atoms with van der Waals surface area (Å²) in [6.07, 6.45) is 5.59. The van der Waals surface area contributed by atoms with Crippen molar-refractivity contribution in [3.8, 4) is 6.07 Å². The Hall–Kier alpha value is -2.63. The van der Waals surface area contributed by atoms with Crippen LogP contribution in [0.2, 0.25) is 0 Å². The number of carbonyl (C=O) groups excluding carboxylic acids is 4. The molecule has 28 heavy (non-hydrogen) atoms. The predicted octanol–water partition coefficient (Wildman–Crippen LogP) is 1.13. The highest BCUT2D eigenvalue weighted by Crippen LogP contribution is 2.35. The van der Waals surface area contributed by atoms with E-state index in [9.17, 15) is 24.4 Å². The van der Waals surface area contributed by atoms with Gasteiger partial charge < -0.3 is 15.4 Å². The van der Waals surface area contributed by atoms with Crippen LogP contribution in [0, 0.1) is 11.3 Å². The fraction of sp³-hybridized carbons (Fsp3) is 0.737. The molecule has 1 saturated heterocycles. The van der Waals surface area contributed by atoms with E-state index in [0.29, 0.717) is 25.7 Å². The third kappa shape index (κ3) is 3.81. The van der Waals surface area contributed by atoms with E-state index in [-0.39, 0.29) is 0 Å². The lowest BCUT2D eigenvalue weighted by Crippen LogP contribution is -2.52. The topological polar surface area (TPSA) is 129 Å². The van der Waals surface area contributed by atoms with Gasteiger partial charge in [-0.15, -0.1) is 0 Å². The summed E-state index contributed by atoms with van der Waals surface area (Å²) in [5, 5.41) is 14.8. The minimum absolute atomic E-state index is 0.408. The van der Waals surface area contributed by atoms with Gasteiger partial charge in [0.1, 0.15) is 17.6 Å². The highest BCUT2D eigenvalue weighted by molar-refractivity contribution is 6.08. The standard InChI is InChI=1S/C19H26N4O5/c1-13(15(25)21-18(12-20)7-3-2-4-8-18)28-14(24)11-23-16(26)19(22-17(23)27)9-5-6-10-19/h13H,2-11H2,1H3,(H,21,25)(H,22,27)/t13-/m1/s1. The van der Waals surface area contributed by atoms with Crippen molar-refractivity contribution in [2.75, 3.05) is 6.54 Å². The fourth-order valence-electron chi connectivity index (χ4n) is 4.31. The van der Waals surface area contributed by atoms with Gasteiger partial charge in [0.25, 0.3) is 11.8 Å². The highest BCUT2D eigenvalue weighted by atomic mass is 16.5. The molecule has 0 unspecified atom stereocenters. The van der Waals surface area contributed by atoms with E-state index in [1.807, 2.05) is 0 Å². The number of rotatable bonds is 5. The molecule has 0 aromatic rings. The van der Waals surface area contributed by atoms with E-state index < -0.39 is 47.5 Å². The summed E-state index contributed by atoms with van der Waals surface area (Å²) in [4.78, 5) is 50.1. The Morgan fingerprint density at radius 2 is 1.79 bits per heavy atom. The number of hydrogen-bond acceptors (Lipinski definition) is 6. The number of carbonyl (C=O) groups is 4. The monoisotopic (exact) mass is 390 g/mol. The molecule has 2 saturated carbocycles. The maximum atomic E-state index is 12.6. The smallest absolute Gasteiger partial charge is 0.327 e. The Labute approximate surface area is 163 Å². The van der Waals surface area contributed by atoms with Crippen LogP contribution in [0.1, 0.15) is 64.7 Å². The van der Waals surface area contributed by atoms with Gasteiger partial charge in [-0.05, 0) is 32.6 Å². The van der Waals surface area contributed by atoms with Gasteiger partial charge >= 0.3 is 12.0 Å². The number of hydrogen-bond donors (Lipinski definition) is 2. The van der Waals surface area contributed by atoms with E-state index in [4.69, 9.17) is 4.74 Å². The normalized spacial score (nSPS) is 23.8. The summed E-state index contributed by atoms with van der Waals surface area (Å²) in [5.41, 5.74) is -1.81. The van der Waals surface area contributed by atoms with Crippen LogP contribution >= 0.6 is 0 Å². The van der Waals surface area contributed by atoms with Gasteiger partial charge in [0.15, 0.2) is 6.10 Å². The van der Waals surface area contributed by atoms with E-state index >= 15 is 0 Å². The number of nitrogens with zero attached hydrogens (tertiary/aromatic N) is 2. The summed E-state index contributed by atoms with van der Waals surface area (Å²) < 4.78 is 5.12. The van der Waals surface area contributed by atoms with Crippen LogP contribution in [-0.2, 0) is 19.1 Å². The average molecular weight is 390 g/mol.